The van der Waals surface area contributed by atoms with Crippen LogP contribution in [0.25, 0.3) is 0 Å². The Hall–Kier alpha value is -1.52. The lowest BCUT2D eigenvalue weighted by Gasteiger charge is -2.36. The number of nitrogens with one attached hydrogen (secondary N) is 1. The van der Waals surface area contributed by atoms with Crippen molar-refractivity contribution in [2.24, 2.45) is 10.9 Å². The van der Waals surface area contributed by atoms with Gasteiger partial charge < -0.3 is 24.4 Å². The van der Waals surface area contributed by atoms with Crippen molar-refractivity contribution < 1.29 is 14.1 Å². The molecule has 0 atom stereocenters. The van der Waals surface area contributed by atoms with Gasteiger partial charge in [-0.1, -0.05) is 5.16 Å². The standard InChI is InChI=1S/C23H41N5O3.HI/c1-8-24-21(25-13-10-20-17(3)26-31-18(20)4)28-14-11-19(12-15-28)16-27(9-2)22(29)30-23(5,6)7;/h19H,8-16H2,1-7H3,(H,24,25);1H. The largest absolute Gasteiger partial charge is 0.444 e. The van der Waals surface area contributed by atoms with Gasteiger partial charge in [-0.25, -0.2) is 4.79 Å². The number of amides is 1. The Morgan fingerprint density at radius 2 is 1.94 bits per heavy atom. The lowest BCUT2D eigenvalue weighted by atomic mass is 9.96. The predicted octanol–water partition coefficient (Wildman–Crippen LogP) is 4.39. The molecule has 1 N–H and O–H groups in total. The number of rotatable bonds is 7. The van der Waals surface area contributed by atoms with Crippen molar-refractivity contribution >= 4 is 36.0 Å². The van der Waals surface area contributed by atoms with Crippen molar-refractivity contribution in [2.45, 2.75) is 73.3 Å². The summed E-state index contributed by atoms with van der Waals surface area (Å²) in [5, 5.41) is 7.45. The van der Waals surface area contributed by atoms with E-state index >= 15 is 0 Å². The van der Waals surface area contributed by atoms with Crippen LogP contribution in [-0.4, -0.2) is 71.9 Å². The summed E-state index contributed by atoms with van der Waals surface area (Å²) >= 11 is 0. The molecule has 0 aromatic carbocycles. The summed E-state index contributed by atoms with van der Waals surface area (Å²) in [4.78, 5) is 21.4. The SMILES string of the molecule is CCNC(=NCCc1c(C)noc1C)N1CCC(CN(CC)C(=O)OC(C)(C)C)CC1.I. The first-order valence-corrected chi connectivity index (χ1v) is 11.6. The molecule has 2 heterocycles. The average molecular weight is 564 g/mol. The maximum absolute atomic E-state index is 12.4. The van der Waals surface area contributed by atoms with Crippen LogP contribution in [0.2, 0.25) is 0 Å². The van der Waals surface area contributed by atoms with E-state index in [4.69, 9.17) is 14.3 Å². The van der Waals surface area contributed by atoms with Crippen molar-refractivity contribution in [1.29, 1.82) is 0 Å². The summed E-state index contributed by atoms with van der Waals surface area (Å²) in [5.41, 5.74) is 1.64. The van der Waals surface area contributed by atoms with Crippen LogP contribution < -0.4 is 5.32 Å². The number of nitrogens with zero attached hydrogens (tertiary/aromatic N) is 4. The molecule has 0 bridgehead atoms. The summed E-state index contributed by atoms with van der Waals surface area (Å²) in [5.74, 6) is 2.32. The van der Waals surface area contributed by atoms with E-state index < -0.39 is 5.60 Å². The number of piperidine rings is 1. The van der Waals surface area contributed by atoms with Crippen LogP contribution in [0.3, 0.4) is 0 Å². The van der Waals surface area contributed by atoms with Gasteiger partial charge in [0.15, 0.2) is 5.96 Å². The van der Waals surface area contributed by atoms with Crippen molar-refractivity contribution in [1.82, 2.24) is 20.3 Å². The number of hydrogen-bond donors (Lipinski definition) is 1. The molecule has 184 valence electrons. The molecule has 1 amide bonds. The van der Waals surface area contributed by atoms with Gasteiger partial charge in [-0.05, 0) is 73.6 Å². The number of guanidine groups is 1. The third kappa shape index (κ3) is 8.78. The molecule has 9 heteroatoms. The Morgan fingerprint density at radius 1 is 1.28 bits per heavy atom. The summed E-state index contributed by atoms with van der Waals surface area (Å²) < 4.78 is 10.8. The van der Waals surface area contributed by atoms with Gasteiger partial charge in [-0.2, -0.15) is 0 Å². The molecule has 0 saturated carbocycles. The van der Waals surface area contributed by atoms with Gasteiger partial charge in [0, 0.05) is 44.8 Å². The van der Waals surface area contributed by atoms with Gasteiger partial charge >= 0.3 is 6.09 Å². The molecule has 2 rings (SSSR count). The van der Waals surface area contributed by atoms with Crippen LogP contribution in [0, 0.1) is 19.8 Å². The molecule has 0 spiro atoms. The van der Waals surface area contributed by atoms with Crippen LogP contribution in [0.1, 0.15) is 64.5 Å². The number of halogens is 1. The van der Waals surface area contributed by atoms with Gasteiger partial charge in [0.05, 0.1) is 5.69 Å². The highest BCUT2D eigenvalue weighted by atomic mass is 127. The van der Waals surface area contributed by atoms with E-state index in [1.807, 2.05) is 46.4 Å². The summed E-state index contributed by atoms with van der Waals surface area (Å²) in [6.07, 6.45) is 2.68. The summed E-state index contributed by atoms with van der Waals surface area (Å²) in [6.45, 7) is 18.6. The second-order valence-electron chi connectivity index (χ2n) is 9.24. The summed E-state index contributed by atoms with van der Waals surface area (Å²) in [6, 6.07) is 0. The van der Waals surface area contributed by atoms with Gasteiger partial charge in [0.25, 0.3) is 0 Å². The van der Waals surface area contributed by atoms with E-state index in [0.29, 0.717) is 19.0 Å². The highest BCUT2D eigenvalue weighted by molar-refractivity contribution is 14.0. The molecular weight excluding hydrogens is 521 g/mol. The van der Waals surface area contributed by atoms with Crippen molar-refractivity contribution in [3.63, 3.8) is 0 Å². The van der Waals surface area contributed by atoms with Crippen molar-refractivity contribution in [3.05, 3.63) is 17.0 Å². The molecule has 8 nitrogen and oxygen atoms in total. The monoisotopic (exact) mass is 563 g/mol. The zero-order chi connectivity index (χ0) is 23.0. The molecule has 1 aromatic rings. The molecule has 1 aliphatic rings. The Bertz CT molecular complexity index is 717. The van der Waals surface area contributed by atoms with Crippen LogP contribution in [0.4, 0.5) is 4.79 Å². The van der Waals surface area contributed by atoms with E-state index in [9.17, 15) is 4.79 Å². The molecule has 32 heavy (non-hydrogen) atoms. The molecule has 1 aromatic heterocycles. The first-order chi connectivity index (χ1) is 14.6. The molecule has 1 saturated heterocycles. The number of hydrogen-bond acceptors (Lipinski definition) is 5. The third-order valence-electron chi connectivity index (χ3n) is 5.57. The Morgan fingerprint density at radius 3 is 2.44 bits per heavy atom. The number of carbonyl (C=O) groups is 1. The number of carbonyl (C=O) groups excluding carboxylic acids is 1. The van der Waals surface area contributed by atoms with E-state index in [0.717, 1.165) is 68.4 Å². The Balaban J connectivity index is 0.00000512. The molecule has 0 aliphatic carbocycles. The topological polar surface area (TPSA) is 83.2 Å². The first-order valence-electron chi connectivity index (χ1n) is 11.6. The van der Waals surface area contributed by atoms with Crippen molar-refractivity contribution in [3.8, 4) is 0 Å². The minimum absolute atomic E-state index is 0. The highest BCUT2D eigenvalue weighted by Crippen LogP contribution is 2.20. The van der Waals surface area contributed by atoms with E-state index in [1.54, 1.807) is 0 Å². The maximum atomic E-state index is 12.4. The fourth-order valence-electron chi connectivity index (χ4n) is 3.86. The Labute approximate surface area is 210 Å². The quantitative estimate of drug-likeness (QED) is 0.301. The summed E-state index contributed by atoms with van der Waals surface area (Å²) in [7, 11) is 0. The fraction of sp³-hybridized carbons (Fsp3) is 0.783. The van der Waals surface area contributed by atoms with Crippen LogP contribution in [-0.2, 0) is 11.2 Å². The van der Waals surface area contributed by atoms with Crippen LogP contribution in [0.5, 0.6) is 0 Å². The lowest BCUT2D eigenvalue weighted by Crippen LogP contribution is -2.48. The lowest BCUT2D eigenvalue weighted by molar-refractivity contribution is 0.0214. The Kier molecular flexibility index (Phi) is 11.8. The second-order valence-corrected chi connectivity index (χ2v) is 9.24. The van der Waals surface area contributed by atoms with Crippen LogP contribution in [0.15, 0.2) is 9.52 Å². The number of aliphatic imine (C=N–C) groups is 1. The second kappa shape index (κ2) is 13.3. The molecule has 0 unspecified atom stereocenters. The van der Waals surface area contributed by atoms with Gasteiger partial charge in [-0.15, -0.1) is 24.0 Å². The highest BCUT2D eigenvalue weighted by Gasteiger charge is 2.27. The van der Waals surface area contributed by atoms with E-state index in [1.165, 1.54) is 0 Å². The van der Waals surface area contributed by atoms with Crippen molar-refractivity contribution in [2.75, 3.05) is 39.3 Å². The zero-order valence-corrected chi connectivity index (χ0v) is 23.2. The van der Waals surface area contributed by atoms with Crippen LogP contribution >= 0.6 is 24.0 Å². The number of aromatic nitrogens is 1. The molecule has 1 aliphatic heterocycles. The number of ether oxygens (including phenoxy) is 1. The zero-order valence-electron chi connectivity index (χ0n) is 20.9. The maximum Gasteiger partial charge on any atom is 0.410 e. The fourth-order valence-corrected chi connectivity index (χ4v) is 3.86. The minimum Gasteiger partial charge on any atom is -0.444 e. The van der Waals surface area contributed by atoms with Gasteiger partial charge in [0.1, 0.15) is 11.4 Å². The smallest absolute Gasteiger partial charge is 0.410 e. The molecule has 1 fully saturated rings. The van der Waals surface area contributed by atoms with E-state index in [-0.39, 0.29) is 30.1 Å². The normalized spacial score (nSPS) is 15.3. The molecule has 0 radical (unpaired) electrons. The van der Waals surface area contributed by atoms with E-state index in [2.05, 4.69) is 22.3 Å². The number of likely N-dealkylation sites (tertiary alicyclic amines) is 1. The first kappa shape index (κ1) is 28.5. The minimum atomic E-state index is -0.464. The molecular formula is C23H42IN5O3. The van der Waals surface area contributed by atoms with Gasteiger partial charge in [-0.3, -0.25) is 4.99 Å². The third-order valence-corrected chi connectivity index (χ3v) is 5.57. The van der Waals surface area contributed by atoms with Gasteiger partial charge in [0.2, 0.25) is 0 Å². The number of aryl methyl sites for hydroxylation is 2. The average Bonchev–Trinajstić information content (AvgIpc) is 3.02. The predicted molar refractivity (Wildman–Crippen MR) is 139 cm³/mol.